The summed E-state index contributed by atoms with van der Waals surface area (Å²) in [5, 5.41) is 15.8. The van der Waals surface area contributed by atoms with Crippen molar-refractivity contribution < 1.29 is 4.79 Å². The summed E-state index contributed by atoms with van der Waals surface area (Å²) in [6.07, 6.45) is 4.70. The van der Waals surface area contributed by atoms with Crippen LogP contribution in [-0.2, 0) is 26.4 Å². The van der Waals surface area contributed by atoms with E-state index >= 15 is 0 Å². The summed E-state index contributed by atoms with van der Waals surface area (Å²) in [6, 6.07) is 9.51. The highest BCUT2D eigenvalue weighted by Crippen LogP contribution is 2.24. The van der Waals surface area contributed by atoms with Gasteiger partial charge in [-0.3, -0.25) is 9.48 Å². The summed E-state index contributed by atoms with van der Waals surface area (Å²) in [6.45, 7) is 0.454. The molecular formula is C17H18N6O. The quantitative estimate of drug-likeness (QED) is 0.788. The van der Waals surface area contributed by atoms with Gasteiger partial charge < -0.3 is 5.32 Å². The maximum atomic E-state index is 12.3. The van der Waals surface area contributed by atoms with E-state index in [0.717, 1.165) is 36.3 Å². The molecule has 0 saturated heterocycles. The number of aromatic nitrogens is 5. The number of benzene rings is 1. The average Bonchev–Trinajstić information content (AvgIpc) is 3.30. The predicted molar refractivity (Wildman–Crippen MR) is 87.8 cm³/mol. The van der Waals surface area contributed by atoms with Gasteiger partial charge in [-0.15, -0.1) is 5.10 Å². The topological polar surface area (TPSA) is 77.6 Å². The van der Waals surface area contributed by atoms with Crippen LogP contribution >= 0.6 is 0 Å². The van der Waals surface area contributed by atoms with Crippen LogP contribution in [0.1, 0.15) is 33.9 Å². The van der Waals surface area contributed by atoms with Crippen molar-refractivity contribution in [3.8, 4) is 5.69 Å². The molecule has 1 aromatic carbocycles. The minimum absolute atomic E-state index is 0.231. The lowest BCUT2D eigenvalue weighted by Crippen LogP contribution is -2.25. The highest BCUT2D eigenvalue weighted by atomic mass is 16.2. The van der Waals surface area contributed by atoms with Gasteiger partial charge in [-0.05, 0) is 37.0 Å². The average molecular weight is 322 g/mol. The van der Waals surface area contributed by atoms with Crippen molar-refractivity contribution in [2.75, 3.05) is 0 Å². The fourth-order valence-electron chi connectivity index (χ4n) is 3.11. The Hall–Kier alpha value is -2.96. The molecule has 24 heavy (non-hydrogen) atoms. The molecule has 0 spiro atoms. The van der Waals surface area contributed by atoms with Crippen molar-refractivity contribution in [3.05, 3.63) is 59.2 Å². The normalized spacial score (nSPS) is 13.0. The third-order valence-electron chi connectivity index (χ3n) is 4.33. The summed E-state index contributed by atoms with van der Waals surface area (Å²) < 4.78 is 1.87. The molecule has 4 rings (SSSR count). The van der Waals surface area contributed by atoms with Gasteiger partial charge in [-0.1, -0.05) is 18.2 Å². The Morgan fingerprint density at radius 3 is 2.88 bits per heavy atom. The minimum atomic E-state index is -0.231. The molecule has 1 N–H and O–H groups in total. The standard InChI is InChI=1S/C17H18N6O/c1-22-16(13-8-5-9-14(13)20-22)11-18-17(24)15-10-19-23(21-15)12-6-3-2-4-7-12/h2-4,6-7,10H,5,8-9,11H2,1H3,(H,18,24). The van der Waals surface area contributed by atoms with Gasteiger partial charge in [0.1, 0.15) is 0 Å². The van der Waals surface area contributed by atoms with Gasteiger partial charge in [-0.2, -0.15) is 15.0 Å². The predicted octanol–water partition coefficient (Wildman–Crippen LogP) is 1.42. The fourth-order valence-corrected chi connectivity index (χ4v) is 3.11. The van der Waals surface area contributed by atoms with E-state index < -0.39 is 0 Å². The summed E-state index contributed by atoms with van der Waals surface area (Å²) in [5.74, 6) is -0.231. The van der Waals surface area contributed by atoms with Gasteiger partial charge in [0.15, 0.2) is 5.69 Å². The van der Waals surface area contributed by atoms with E-state index in [4.69, 9.17) is 0 Å². The van der Waals surface area contributed by atoms with Crippen molar-refractivity contribution in [1.29, 1.82) is 0 Å². The third kappa shape index (κ3) is 2.58. The number of fused-ring (bicyclic) bond motifs is 1. The maximum absolute atomic E-state index is 12.3. The largest absolute Gasteiger partial charge is 0.345 e. The molecule has 0 fully saturated rings. The maximum Gasteiger partial charge on any atom is 0.273 e. The summed E-state index contributed by atoms with van der Waals surface area (Å²) in [4.78, 5) is 13.8. The second-order valence-corrected chi connectivity index (χ2v) is 5.89. The molecule has 0 saturated carbocycles. The summed E-state index contributed by atoms with van der Waals surface area (Å²) >= 11 is 0. The summed E-state index contributed by atoms with van der Waals surface area (Å²) in [5.41, 5.74) is 4.65. The number of amides is 1. The SMILES string of the molecule is Cn1nc2c(c1CNC(=O)c1cnn(-c3ccccc3)n1)CCC2. The number of carbonyl (C=O) groups is 1. The lowest BCUT2D eigenvalue weighted by Gasteiger charge is -2.06. The molecule has 7 nitrogen and oxygen atoms in total. The monoisotopic (exact) mass is 322 g/mol. The Balaban J connectivity index is 1.47. The van der Waals surface area contributed by atoms with Crippen molar-refractivity contribution in [2.45, 2.75) is 25.8 Å². The van der Waals surface area contributed by atoms with Gasteiger partial charge in [0.2, 0.25) is 0 Å². The smallest absolute Gasteiger partial charge is 0.273 e. The van der Waals surface area contributed by atoms with E-state index in [0.29, 0.717) is 12.2 Å². The zero-order valence-corrected chi connectivity index (χ0v) is 13.4. The van der Waals surface area contributed by atoms with Crippen LogP contribution in [0.2, 0.25) is 0 Å². The van der Waals surface area contributed by atoms with E-state index in [9.17, 15) is 4.79 Å². The molecule has 2 heterocycles. The molecular weight excluding hydrogens is 304 g/mol. The minimum Gasteiger partial charge on any atom is -0.345 e. The Kier molecular flexibility index (Phi) is 3.60. The number of nitrogens with one attached hydrogen (secondary N) is 1. The number of rotatable bonds is 4. The van der Waals surface area contributed by atoms with Gasteiger partial charge in [0.25, 0.3) is 5.91 Å². The zero-order chi connectivity index (χ0) is 16.5. The second kappa shape index (κ2) is 5.92. The molecule has 1 aliphatic rings. The van der Waals surface area contributed by atoms with E-state index in [1.807, 2.05) is 42.1 Å². The molecule has 7 heteroatoms. The molecule has 0 unspecified atom stereocenters. The molecule has 1 amide bonds. The van der Waals surface area contributed by atoms with Crippen LogP contribution in [0.5, 0.6) is 0 Å². The fraction of sp³-hybridized carbons (Fsp3) is 0.294. The number of hydrogen-bond donors (Lipinski definition) is 1. The van der Waals surface area contributed by atoms with Crippen LogP contribution in [0, 0.1) is 0 Å². The van der Waals surface area contributed by atoms with Crippen molar-refractivity contribution in [2.24, 2.45) is 7.05 Å². The van der Waals surface area contributed by atoms with E-state index in [2.05, 4.69) is 20.6 Å². The molecule has 0 atom stereocenters. The second-order valence-electron chi connectivity index (χ2n) is 5.89. The Morgan fingerprint density at radius 1 is 1.21 bits per heavy atom. The van der Waals surface area contributed by atoms with Crippen LogP contribution in [0.15, 0.2) is 36.5 Å². The first-order chi connectivity index (χ1) is 11.7. The van der Waals surface area contributed by atoms with Gasteiger partial charge in [-0.25, -0.2) is 0 Å². The molecule has 0 radical (unpaired) electrons. The van der Waals surface area contributed by atoms with Gasteiger partial charge >= 0.3 is 0 Å². The molecule has 122 valence electrons. The Labute approximate surface area is 139 Å². The first-order valence-corrected chi connectivity index (χ1v) is 8.02. The molecule has 2 aromatic heterocycles. The molecule has 0 bridgehead atoms. The highest BCUT2D eigenvalue weighted by molar-refractivity contribution is 5.91. The van der Waals surface area contributed by atoms with Crippen LogP contribution in [0.25, 0.3) is 5.69 Å². The van der Waals surface area contributed by atoms with Gasteiger partial charge in [0.05, 0.1) is 29.8 Å². The molecule has 3 aromatic rings. The number of aryl methyl sites for hydroxylation is 2. The Morgan fingerprint density at radius 2 is 2.04 bits per heavy atom. The number of nitrogens with zero attached hydrogens (tertiary/aromatic N) is 5. The van der Waals surface area contributed by atoms with Crippen molar-refractivity contribution in [1.82, 2.24) is 30.1 Å². The molecule has 1 aliphatic carbocycles. The lowest BCUT2D eigenvalue weighted by atomic mass is 10.2. The van der Waals surface area contributed by atoms with Crippen molar-refractivity contribution >= 4 is 5.91 Å². The lowest BCUT2D eigenvalue weighted by molar-refractivity contribution is 0.0944. The number of carbonyl (C=O) groups excluding carboxylic acids is 1. The van der Waals surface area contributed by atoms with Crippen LogP contribution in [0.4, 0.5) is 0 Å². The van der Waals surface area contributed by atoms with Gasteiger partial charge in [0, 0.05) is 7.05 Å². The highest BCUT2D eigenvalue weighted by Gasteiger charge is 2.21. The Bertz CT molecular complexity index is 880. The van der Waals surface area contributed by atoms with E-state index in [1.165, 1.54) is 16.6 Å². The molecule has 0 aliphatic heterocycles. The first-order valence-electron chi connectivity index (χ1n) is 8.02. The van der Waals surface area contributed by atoms with Crippen LogP contribution < -0.4 is 5.32 Å². The van der Waals surface area contributed by atoms with Crippen molar-refractivity contribution in [3.63, 3.8) is 0 Å². The zero-order valence-electron chi connectivity index (χ0n) is 13.4. The number of para-hydroxylation sites is 1. The van der Waals surface area contributed by atoms with Crippen LogP contribution in [-0.4, -0.2) is 30.7 Å². The summed E-state index contributed by atoms with van der Waals surface area (Å²) in [7, 11) is 1.92. The number of hydrogen-bond acceptors (Lipinski definition) is 4. The third-order valence-corrected chi connectivity index (χ3v) is 4.33. The van der Waals surface area contributed by atoms with E-state index in [1.54, 1.807) is 0 Å². The van der Waals surface area contributed by atoms with E-state index in [-0.39, 0.29) is 5.91 Å². The first kappa shape index (κ1) is 14.6. The van der Waals surface area contributed by atoms with Crippen LogP contribution in [0.3, 0.4) is 0 Å².